The first-order valence-corrected chi connectivity index (χ1v) is 19.0. The van der Waals surface area contributed by atoms with Gasteiger partial charge in [0.25, 0.3) is 5.56 Å². The average molecular weight is 680 g/mol. The molecule has 10 nitrogen and oxygen atoms in total. The van der Waals surface area contributed by atoms with E-state index >= 15 is 0 Å². The molecule has 1 saturated carbocycles. The van der Waals surface area contributed by atoms with Crippen LogP contribution in [0.4, 0.5) is 0 Å². The second-order valence-corrected chi connectivity index (χ2v) is 16.5. The van der Waals surface area contributed by atoms with E-state index in [1.165, 1.54) is 0 Å². The van der Waals surface area contributed by atoms with Crippen LogP contribution >= 0.6 is 23.4 Å². The second-order valence-electron chi connectivity index (χ2n) is 14.7. The van der Waals surface area contributed by atoms with Crippen molar-refractivity contribution in [1.29, 1.82) is 0 Å². The maximum atomic E-state index is 13.9. The number of carboxylic acid groups (broad SMARTS) is 1. The fourth-order valence-corrected chi connectivity index (χ4v) is 11.4. The number of halogens is 1. The lowest BCUT2D eigenvalue weighted by molar-refractivity contribution is -0.142. The minimum absolute atomic E-state index is 0.0137. The van der Waals surface area contributed by atoms with Crippen LogP contribution in [0.2, 0.25) is 0 Å². The molecule has 0 radical (unpaired) electrons. The van der Waals surface area contributed by atoms with E-state index in [9.17, 15) is 14.7 Å². The Morgan fingerprint density at radius 1 is 1.20 bits per heavy atom. The number of hydrogen-bond donors (Lipinski definition) is 3. The molecule has 5 aliphatic rings. The van der Waals surface area contributed by atoms with Crippen molar-refractivity contribution < 1.29 is 19.4 Å². The van der Waals surface area contributed by atoms with Crippen molar-refractivity contribution in [3.05, 3.63) is 27.4 Å². The van der Waals surface area contributed by atoms with Crippen LogP contribution in [0, 0.1) is 30.6 Å². The number of aliphatic carboxylic acids is 1. The Bertz CT molecular complexity index is 1290. The largest absolute Gasteiger partial charge is 0.481 e. The number of aromatic nitrogens is 2. The zero-order valence-corrected chi connectivity index (χ0v) is 29.5. The lowest BCUT2D eigenvalue weighted by Crippen LogP contribution is -2.57. The van der Waals surface area contributed by atoms with E-state index in [0.717, 1.165) is 88.0 Å². The predicted octanol–water partition coefficient (Wildman–Crippen LogP) is 3.29. The Hall–Kier alpha value is -1.21. The molecule has 3 saturated heterocycles. The number of likely N-dealkylation sites (N-methyl/N-ethyl adjacent to an activating group) is 1. The molecule has 258 valence electrons. The minimum atomic E-state index is -0.702. The molecule has 0 bridgehead atoms. The number of piperidine rings is 2. The van der Waals surface area contributed by atoms with Crippen molar-refractivity contribution in [3.63, 3.8) is 0 Å². The van der Waals surface area contributed by atoms with Crippen molar-refractivity contribution in [3.8, 4) is 0 Å². The minimum Gasteiger partial charge on any atom is -0.481 e. The van der Waals surface area contributed by atoms with Gasteiger partial charge in [-0.05, 0) is 103 Å². The number of hydrogen-bond acceptors (Lipinski definition) is 9. The smallest absolute Gasteiger partial charge is 0.308 e. The fourth-order valence-electron chi connectivity index (χ4n) is 9.21. The number of alkyl halides is 1. The van der Waals surface area contributed by atoms with Gasteiger partial charge in [-0.15, -0.1) is 11.6 Å². The highest BCUT2D eigenvalue weighted by molar-refractivity contribution is 8.00. The van der Waals surface area contributed by atoms with Crippen LogP contribution in [0.1, 0.15) is 69.0 Å². The highest BCUT2D eigenvalue weighted by atomic mass is 35.5. The lowest BCUT2D eigenvalue weighted by Gasteiger charge is -2.47. The summed E-state index contributed by atoms with van der Waals surface area (Å²) in [6.45, 7) is 7.05. The molecular formula is C34H54ClN5O5S. The van der Waals surface area contributed by atoms with E-state index in [-0.39, 0.29) is 52.4 Å². The molecule has 4 heterocycles. The Balaban J connectivity index is 1.10. The summed E-state index contributed by atoms with van der Waals surface area (Å²) in [5.41, 5.74) is 1.92. The van der Waals surface area contributed by atoms with Crippen molar-refractivity contribution in [1.82, 2.24) is 25.1 Å². The van der Waals surface area contributed by atoms with Gasteiger partial charge in [-0.1, -0.05) is 0 Å². The van der Waals surface area contributed by atoms with Crippen LogP contribution in [0.15, 0.2) is 4.79 Å². The van der Waals surface area contributed by atoms with Gasteiger partial charge in [0.1, 0.15) is 12.1 Å². The molecule has 46 heavy (non-hydrogen) atoms. The Morgan fingerprint density at radius 2 is 2.02 bits per heavy atom. The van der Waals surface area contributed by atoms with Crippen molar-refractivity contribution in [2.75, 3.05) is 39.6 Å². The average Bonchev–Trinajstić information content (AvgIpc) is 3.47. The number of carboxylic acids is 1. The number of nitrogens with one attached hydrogen (secondary N) is 2. The number of rotatable bonds is 10. The first-order valence-electron chi connectivity index (χ1n) is 17.5. The third kappa shape index (κ3) is 7.50. The summed E-state index contributed by atoms with van der Waals surface area (Å²) < 4.78 is 14.0. The maximum Gasteiger partial charge on any atom is 0.308 e. The molecule has 11 atom stereocenters. The Kier molecular flexibility index (Phi) is 11.4. The fraction of sp³-hybridized carbons (Fsp3) is 0.853. The number of thioether (sulfide) groups is 1. The number of nitrogens with zero attached hydrogens (tertiary/aromatic N) is 3. The van der Waals surface area contributed by atoms with Crippen molar-refractivity contribution >= 4 is 29.3 Å². The van der Waals surface area contributed by atoms with Gasteiger partial charge in [-0.25, -0.2) is 4.98 Å². The summed E-state index contributed by atoms with van der Waals surface area (Å²) in [7, 11) is 3.97. The number of carbonyl (C=O) groups is 1. The van der Waals surface area contributed by atoms with Gasteiger partial charge in [-0.2, -0.15) is 11.8 Å². The molecule has 4 fully saturated rings. The molecule has 2 aliphatic carbocycles. The van der Waals surface area contributed by atoms with Crippen LogP contribution in [0.3, 0.4) is 0 Å². The molecule has 12 heteroatoms. The zero-order valence-electron chi connectivity index (χ0n) is 28.0. The summed E-state index contributed by atoms with van der Waals surface area (Å²) in [4.78, 5) is 33.3. The normalized spacial score (nSPS) is 38.0. The Morgan fingerprint density at radius 3 is 2.80 bits per heavy atom. The maximum absolute atomic E-state index is 13.9. The third-order valence-corrected chi connectivity index (χ3v) is 13.7. The number of aryl methyl sites for hydroxylation is 2. The summed E-state index contributed by atoms with van der Waals surface area (Å²) >= 11 is 8.57. The molecule has 0 amide bonds. The van der Waals surface area contributed by atoms with Gasteiger partial charge in [0.2, 0.25) is 0 Å². The topological polar surface area (TPSA) is 118 Å². The van der Waals surface area contributed by atoms with Crippen LogP contribution < -0.4 is 16.2 Å². The zero-order chi connectivity index (χ0) is 32.5. The summed E-state index contributed by atoms with van der Waals surface area (Å²) in [5, 5.41) is 17.3. The molecule has 1 aromatic rings. The van der Waals surface area contributed by atoms with E-state index in [1.54, 1.807) is 7.11 Å². The predicted molar refractivity (Wildman–Crippen MR) is 182 cm³/mol. The molecule has 1 aromatic heterocycles. The van der Waals surface area contributed by atoms with Crippen LogP contribution in [0.25, 0.3) is 0 Å². The summed E-state index contributed by atoms with van der Waals surface area (Å²) in [6, 6.07) is 0.582. The summed E-state index contributed by atoms with van der Waals surface area (Å²) in [6.07, 6.45) is 8.66. The number of fused-ring (bicyclic) bond motifs is 2. The van der Waals surface area contributed by atoms with Gasteiger partial charge < -0.3 is 24.8 Å². The molecule has 0 spiro atoms. The van der Waals surface area contributed by atoms with Gasteiger partial charge in [-0.3, -0.25) is 19.5 Å². The van der Waals surface area contributed by atoms with Crippen LogP contribution in [-0.2, 0) is 33.7 Å². The first kappa shape index (κ1) is 34.6. The number of ether oxygens (including phenoxy) is 2. The Labute approximate surface area is 283 Å². The molecule has 0 aromatic carbocycles. The van der Waals surface area contributed by atoms with Crippen molar-refractivity contribution in [2.24, 2.45) is 23.7 Å². The third-order valence-electron chi connectivity index (χ3n) is 11.7. The second kappa shape index (κ2) is 15.1. The standard InChI is InChI=1S/C34H54ClN5O5S/c1-19-13-25(32-31(37-19)27(18-46-32)34(42)43)24-15-22(35)5-8-29(24)45-12-11-40-20(2)38-28-7-6-23(16-26(28)33(40)41)39(3)17-21-9-10-36-30(14-21)44-4/h19,21-25,27,29-32,36-37H,5-18H2,1-4H3,(H,42,43)/t19?,21?,22?,23-,24?,25?,27?,29?,30?,31?,32?/m0/s1. The lowest BCUT2D eigenvalue weighted by atomic mass is 9.70. The van der Waals surface area contributed by atoms with Crippen molar-refractivity contribution in [2.45, 2.75) is 119 Å². The van der Waals surface area contributed by atoms with Crippen LogP contribution in [-0.4, -0.2) is 106 Å². The van der Waals surface area contributed by atoms with E-state index in [2.05, 4.69) is 29.5 Å². The van der Waals surface area contributed by atoms with Gasteiger partial charge in [0.15, 0.2) is 0 Å². The van der Waals surface area contributed by atoms with E-state index < -0.39 is 5.97 Å². The highest BCUT2D eigenvalue weighted by Gasteiger charge is 2.51. The monoisotopic (exact) mass is 679 g/mol. The molecule has 6 rings (SSSR count). The van der Waals surface area contributed by atoms with E-state index in [1.807, 2.05) is 23.3 Å². The van der Waals surface area contributed by atoms with Crippen LogP contribution in [0.5, 0.6) is 0 Å². The molecular weight excluding hydrogens is 626 g/mol. The molecule has 10 unspecified atom stereocenters. The molecule has 3 N–H and O–H groups in total. The van der Waals surface area contributed by atoms with E-state index in [0.29, 0.717) is 36.8 Å². The first-order chi connectivity index (χ1) is 22.1. The van der Waals surface area contributed by atoms with Gasteiger partial charge >= 0.3 is 5.97 Å². The SMILES string of the molecule is COC1CC(CN(C)[C@H]2CCc3nc(C)n(CCOC4CCC(Cl)CC4C4CC(C)NC5C(C(=O)O)CSC45)c(=O)c3C2)CCN1. The molecule has 3 aliphatic heterocycles. The summed E-state index contributed by atoms with van der Waals surface area (Å²) in [5.74, 6) is 1.58. The van der Waals surface area contributed by atoms with Gasteiger partial charge in [0, 0.05) is 53.7 Å². The highest BCUT2D eigenvalue weighted by Crippen LogP contribution is 2.48. The quantitative estimate of drug-likeness (QED) is 0.318. The van der Waals surface area contributed by atoms with E-state index in [4.69, 9.17) is 26.1 Å². The number of methoxy groups -OCH3 is 1. The van der Waals surface area contributed by atoms with Gasteiger partial charge in [0.05, 0.1) is 30.9 Å².